The maximum atomic E-state index is 14.6. The van der Waals surface area contributed by atoms with Gasteiger partial charge in [0, 0.05) is 54.1 Å². The van der Waals surface area contributed by atoms with Gasteiger partial charge in [0.25, 0.3) is 0 Å². The Morgan fingerprint density at radius 1 is 1.11 bits per heavy atom. The molecule has 0 radical (unpaired) electrons. The monoisotopic (exact) mass is 502 g/mol. The molecule has 0 bridgehead atoms. The minimum atomic E-state index is -4.53. The van der Waals surface area contributed by atoms with Crippen LogP contribution >= 0.6 is 0 Å². The Morgan fingerprint density at radius 2 is 1.89 bits per heavy atom. The van der Waals surface area contributed by atoms with E-state index >= 15 is 0 Å². The summed E-state index contributed by atoms with van der Waals surface area (Å²) in [4.78, 5) is 28.2. The van der Waals surface area contributed by atoms with E-state index in [1.54, 1.807) is 0 Å². The van der Waals surface area contributed by atoms with Crippen LogP contribution in [-0.2, 0) is 9.59 Å². The zero-order valence-corrected chi connectivity index (χ0v) is 18.9. The van der Waals surface area contributed by atoms with Crippen LogP contribution in [-0.4, -0.2) is 28.7 Å². The highest BCUT2D eigenvalue weighted by Crippen LogP contribution is 2.33. The normalized spacial score (nSPS) is 15.6. The first-order valence-electron chi connectivity index (χ1n) is 11.2. The van der Waals surface area contributed by atoms with Crippen molar-refractivity contribution in [1.29, 1.82) is 5.41 Å². The van der Waals surface area contributed by atoms with Crippen molar-refractivity contribution >= 4 is 29.0 Å². The van der Waals surface area contributed by atoms with Crippen molar-refractivity contribution in [2.24, 2.45) is 5.92 Å². The summed E-state index contributed by atoms with van der Waals surface area (Å²) in [6.45, 7) is 0. The Morgan fingerprint density at radius 3 is 2.58 bits per heavy atom. The van der Waals surface area contributed by atoms with Crippen molar-refractivity contribution in [2.75, 3.05) is 10.6 Å². The summed E-state index contributed by atoms with van der Waals surface area (Å²) in [5.74, 6) is -0.977. The molecule has 0 spiro atoms. The second kappa shape index (κ2) is 10.3. The van der Waals surface area contributed by atoms with Crippen LogP contribution < -0.4 is 15.4 Å². The van der Waals surface area contributed by atoms with Gasteiger partial charge in [-0.2, -0.15) is 13.2 Å². The largest absolute Gasteiger partial charge is 0.454 e. The van der Waals surface area contributed by atoms with Crippen molar-refractivity contribution in [3.05, 3.63) is 65.6 Å². The van der Waals surface area contributed by atoms with Gasteiger partial charge in [-0.05, 0) is 49.1 Å². The van der Waals surface area contributed by atoms with Gasteiger partial charge in [-0.3, -0.25) is 9.59 Å². The molecule has 2 aliphatic rings. The summed E-state index contributed by atoms with van der Waals surface area (Å²) >= 11 is 0. The lowest BCUT2D eigenvalue weighted by molar-refractivity contribution is -0.117. The van der Waals surface area contributed by atoms with Gasteiger partial charge in [0.1, 0.15) is 11.6 Å². The minimum absolute atomic E-state index is 0.000862. The standard InChI is InChI=1S/C25H22F4N4O3/c26-20-12-18(32-23(34)6-1-14-9-16(25(27,28)29)11-17(30)10-14)4-5-21(20)36-19-7-8-31-22(13-19)33-24(35)15-2-3-15/h4-5,7-10,12-13,15,30H,1-3,6,11H2,(H,32,34)(H,31,33,35). The van der Waals surface area contributed by atoms with Crippen LogP contribution in [0, 0.1) is 17.1 Å². The SMILES string of the molecule is N=C1C=C(CCC(=O)Nc2ccc(Oc3ccnc(NC(=O)C4CC4)c3)c(F)c2)C=C(C(F)(F)F)C1. The number of amides is 2. The molecule has 11 heteroatoms. The molecule has 7 nitrogen and oxygen atoms in total. The third kappa shape index (κ3) is 6.77. The Balaban J connectivity index is 1.33. The fourth-order valence-electron chi connectivity index (χ4n) is 3.51. The van der Waals surface area contributed by atoms with Crippen LogP contribution in [0.3, 0.4) is 0 Å². The average Bonchev–Trinajstić information content (AvgIpc) is 3.65. The Bertz CT molecular complexity index is 1270. The number of aromatic nitrogens is 1. The number of halogens is 4. The number of hydrogen-bond donors (Lipinski definition) is 3. The van der Waals surface area contributed by atoms with E-state index in [-0.39, 0.29) is 59.0 Å². The van der Waals surface area contributed by atoms with Crippen molar-refractivity contribution in [3.8, 4) is 11.5 Å². The van der Waals surface area contributed by atoms with E-state index in [4.69, 9.17) is 10.1 Å². The Labute approximate surface area is 203 Å². The predicted molar refractivity (Wildman–Crippen MR) is 124 cm³/mol. The number of rotatable bonds is 8. The predicted octanol–water partition coefficient (Wildman–Crippen LogP) is 5.92. The lowest BCUT2D eigenvalue weighted by Crippen LogP contribution is -2.18. The van der Waals surface area contributed by atoms with E-state index in [9.17, 15) is 27.2 Å². The number of ether oxygens (including phenoxy) is 1. The first kappa shape index (κ1) is 25.1. The molecule has 0 saturated heterocycles. The number of nitrogens with one attached hydrogen (secondary N) is 3. The zero-order valence-electron chi connectivity index (χ0n) is 18.9. The molecular formula is C25H22F4N4O3. The van der Waals surface area contributed by atoms with Gasteiger partial charge in [-0.25, -0.2) is 9.37 Å². The number of anilines is 2. The highest BCUT2D eigenvalue weighted by molar-refractivity contribution is 5.97. The highest BCUT2D eigenvalue weighted by atomic mass is 19.4. The van der Waals surface area contributed by atoms with Gasteiger partial charge < -0.3 is 20.8 Å². The number of carbonyl (C=O) groups is 2. The van der Waals surface area contributed by atoms with E-state index in [2.05, 4.69) is 15.6 Å². The van der Waals surface area contributed by atoms with Gasteiger partial charge in [-0.15, -0.1) is 0 Å². The number of alkyl halides is 3. The lowest BCUT2D eigenvalue weighted by Gasteiger charge is -2.17. The third-order valence-corrected chi connectivity index (χ3v) is 5.48. The van der Waals surface area contributed by atoms with E-state index in [1.165, 1.54) is 36.5 Å². The van der Waals surface area contributed by atoms with E-state index < -0.39 is 29.9 Å². The number of carbonyl (C=O) groups excluding carboxylic acids is 2. The molecule has 1 aromatic heterocycles. The smallest absolute Gasteiger partial charge is 0.413 e. The molecule has 2 aliphatic carbocycles. The van der Waals surface area contributed by atoms with Crippen LogP contribution in [0.15, 0.2) is 59.8 Å². The second-order valence-electron chi connectivity index (χ2n) is 8.52. The quantitative estimate of drug-likeness (QED) is 0.390. The molecule has 1 fully saturated rings. The fourth-order valence-corrected chi connectivity index (χ4v) is 3.51. The van der Waals surface area contributed by atoms with Gasteiger partial charge in [0.2, 0.25) is 11.8 Å². The van der Waals surface area contributed by atoms with E-state index in [0.29, 0.717) is 0 Å². The summed E-state index contributed by atoms with van der Waals surface area (Å²) in [6.07, 6.45) is 0.200. The topological polar surface area (TPSA) is 104 Å². The van der Waals surface area contributed by atoms with E-state index in [1.807, 2.05) is 0 Å². The molecule has 2 aromatic rings. The number of benzene rings is 1. The molecule has 4 rings (SSSR count). The maximum Gasteiger partial charge on any atom is 0.413 e. The van der Waals surface area contributed by atoms with Gasteiger partial charge >= 0.3 is 6.18 Å². The molecule has 0 aliphatic heterocycles. The average molecular weight is 502 g/mol. The Hall–Kier alpha value is -4.02. The van der Waals surface area contributed by atoms with Crippen LogP contribution in [0.5, 0.6) is 11.5 Å². The highest BCUT2D eigenvalue weighted by Gasteiger charge is 2.35. The minimum Gasteiger partial charge on any atom is -0.454 e. The molecule has 188 valence electrons. The molecule has 36 heavy (non-hydrogen) atoms. The summed E-state index contributed by atoms with van der Waals surface area (Å²) < 4.78 is 59.0. The summed E-state index contributed by atoms with van der Waals surface area (Å²) in [5.41, 5.74) is -0.623. The van der Waals surface area contributed by atoms with Gasteiger partial charge in [0.15, 0.2) is 11.6 Å². The third-order valence-electron chi connectivity index (χ3n) is 5.48. The fraction of sp³-hybridized carbons (Fsp3) is 0.280. The summed E-state index contributed by atoms with van der Waals surface area (Å²) in [7, 11) is 0. The molecule has 1 aromatic carbocycles. The van der Waals surface area contributed by atoms with Crippen LogP contribution in [0.4, 0.5) is 29.1 Å². The molecule has 2 amide bonds. The molecule has 0 atom stereocenters. The van der Waals surface area contributed by atoms with Gasteiger partial charge in [0.05, 0.1) is 0 Å². The van der Waals surface area contributed by atoms with Crippen LogP contribution in [0.25, 0.3) is 0 Å². The number of hydrogen-bond acceptors (Lipinski definition) is 5. The van der Waals surface area contributed by atoms with Gasteiger partial charge in [-0.1, -0.05) is 6.08 Å². The van der Waals surface area contributed by atoms with Crippen molar-refractivity contribution < 1.29 is 31.9 Å². The second-order valence-corrected chi connectivity index (χ2v) is 8.52. The number of nitrogens with zero attached hydrogens (tertiary/aromatic N) is 1. The van der Waals surface area contributed by atoms with Crippen molar-refractivity contribution in [2.45, 2.75) is 38.3 Å². The molecule has 0 unspecified atom stereocenters. The van der Waals surface area contributed by atoms with Crippen molar-refractivity contribution in [1.82, 2.24) is 4.98 Å². The lowest BCUT2D eigenvalue weighted by atomic mass is 9.95. The van der Waals surface area contributed by atoms with Crippen LogP contribution in [0.1, 0.15) is 32.1 Å². The molecule has 1 heterocycles. The van der Waals surface area contributed by atoms with Crippen molar-refractivity contribution in [3.63, 3.8) is 0 Å². The first-order chi connectivity index (χ1) is 17.1. The maximum absolute atomic E-state index is 14.6. The molecular weight excluding hydrogens is 480 g/mol. The molecule has 1 saturated carbocycles. The first-order valence-corrected chi connectivity index (χ1v) is 11.2. The zero-order chi connectivity index (χ0) is 25.9. The summed E-state index contributed by atoms with van der Waals surface area (Å²) in [5, 5.41) is 12.8. The number of pyridine rings is 1. The summed E-state index contributed by atoms with van der Waals surface area (Å²) in [6, 6.07) is 6.76. The van der Waals surface area contributed by atoms with E-state index in [0.717, 1.165) is 25.0 Å². The number of allylic oxidation sites excluding steroid dienone is 4. The Kier molecular flexibility index (Phi) is 7.18. The van der Waals surface area contributed by atoms with Crippen LogP contribution in [0.2, 0.25) is 0 Å². The molecule has 3 N–H and O–H groups in total.